The molecule has 0 bridgehead atoms. The minimum Gasteiger partial charge on any atom is -0.476 e. The van der Waals surface area contributed by atoms with Crippen molar-refractivity contribution in [2.75, 3.05) is 48.9 Å². The fraction of sp³-hybridized carbons (Fsp3) is 0.483. The Morgan fingerprint density at radius 2 is 1.85 bits per heavy atom. The highest BCUT2D eigenvalue weighted by Crippen LogP contribution is 2.55. The summed E-state index contributed by atoms with van der Waals surface area (Å²) in [4.78, 5) is 26.3. The number of sulfonamides is 1. The van der Waals surface area contributed by atoms with Gasteiger partial charge in [-0.1, -0.05) is 18.9 Å². The van der Waals surface area contributed by atoms with Crippen molar-refractivity contribution in [3.8, 4) is 17.0 Å². The van der Waals surface area contributed by atoms with Gasteiger partial charge < -0.3 is 14.5 Å². The lowest BCUT2D eigenvalue weighted by molar-refractivity contribution is -0.125. The number of carbonyl (C=O) groups is 1. The number of amides is 1. The third-order valence-electron chi connectivity index (χ3n) is 8.51. The largest absolute Gasteiger partial charge is 0.476 e. The van der Waals surface area contributed by atoms with E-state index in [1.807, 2.05) is 18.2 Å². The molecule has 6 rings (SSSR count). The van der Waals surface area contributed by atoms with Gasteiger partial charge in [0.15, 0.2) is 0 Å². The number of piperidine rings is 1. The highest BCUT2D eigenvalue weighted by Gasteiger charge is 2.54. The van der Waals surface area contributed by atoms with Gasteiger partial charge in [-0.3, -0.25) is 14.5 Å². The molecule has 1 amide bonds. The van der Waals surface area contributed by atoms with Crippen LogP contribution in [-0.4, -0.2) is 68.5 Å². The number of benzene rings is 1. The predicted octanol–water partition coefficient (Wildman–Crippen LogP) is 4.62. The number of nitrogens with zero attached hydrogens (tertiary/aromatic N) is 4. The second kappa shape index (κ2) is 10.6. The summed E-state index contributed by atoms with van der Waals surface area (Å²) in [5.74, 6) is 0.225. The van der Waals surface area contributed by atoms with Crippen LogP contribution < -0.4 is 14.4 Å². The van der Waals surface area contributed by atoms with Crippen LogP contribution in [0.1, 0.15) is 50.5 Å². The molecule has 1 aliphatic carbocycles. The van der Waals surface area contributed by atoms with Crippen LogP contribution in [0.3, 0.4) is 0 Å². The maximum Gasteiger partial charge on any atom is 0.262 e. The van der Waals surface area contributed by atoms with Crippen LogP contribution >= 0.6 is 0 Å². The standard InChI is InChI=1S/C29H34FN5O4S/c1-34-25-18-31-23-8-7-20(15-22(23)26(25)29(28(34)36)9-5-10-29)21-16-24(33-40(37,38)19-30)27(32-17-21)39-14-6-13-35-11-3-2-4-12-35/h7-8,15-18,33H,2-6,9-14,19H2,1H3. The summed E-state index contributed by atoms with van der Waals surface area (Å²) in [6.45, 7) is 3.44. The van der Waals surface area contributed by atoms with Crippen molar-refractivity contribution in [1.82, 2.24) is 14.9 Å². The van der Waals surface area contributed by atoms with E-state index in [-0.39, 0.29) is 17.5 Å². The van der Waals surface area contributed by atoms with Crippen LogP contribution in [0.25, 0.3) is 22.0 Å². The molecule has 2 fully saturated rings. The van der Waals surface area contributed by atoms with Gasteiger partial charge in [0.25, 0.3) is 10.0 Å². The molecule has 1 aromatic carbocycles. The Kier molecular flexibility index (Phi) is 7.12. The molecule has 4 heterocycles. The summed E-state index contributed by atoms with van der Waals surface area (Å²) < 4.78 is 45.7. The number of hydrogen-bond donors (Lipinski definition) is 1. The first-order valence-corrected chi connectivity index (χ1v) is 15.6. The quantitative estimate of drug-likeness (QED) is 0.376. The lowest BCUT2D eigenvalue weighted by Gasteiger charge is -2.37. The summed E-state index contributed by atoms with van der Waals surface area (Å²) >= 11 is 0. The van der Waals surface area contributed by atoms with Crippen LogP contribution in [0, 0.1) is 0 Å². The van der Waals surface area contributed by atoms with Crippen LogP contribution in [0.4, 0.5) is 15.8 Å². The van der Waals surface area contributed by atoms with Crippen LogP contribution in [-0.2, 0) is 20.2 Å². The van der Waals surface area contributed by atoms with Gasteiger partial charge in [0.1, 0.15) is 5.69 Å². The molecular weight excluding hydrogens is 533 g/mol. The number of alkyl halides is 1. The van der Waals surface area contributed by atoms with E-state index in [0.717, 1.165) is 73.0 Å². The monoisotopic (exact) mass is 567 g/mol. The first kappa shape index (κ1) is 26.9. The average molecular weight is 568 g/mol. The lowest BCUT2D eigenvalue weighted by Crippen LogP contribution is -2.43. The SMILES string of the molecule is CN1C(=O)C2(CCC2)c2c1cnc1ccc(-c3cnc(OCCCN4CCCCC4)c(NS(=O)(=O)CF)c3)cc21. The van der Waals surface area contributed by atoms with Gasteiger partial charge in [-0.15, -0.1) is 0 Å². The van der Waals surface area contributed by atoms with Crippen molar-refractivity contribution < 1.29 is 22.3 Å². The Morgan fingerprint density at radius 3 is 2.58 bits per heavy atom. The Morgan fingerprint density at radius 1 is 1.05 bits per heavy atom. The summed E-state index contributed by atoms with van der Waals surface area (Å²) in [5, 5.41) is 0.899. The van der Waals surface area contributed by atoms with Gasteiger partial charge in [0, 0.05) is 36.3 Å². The highest BCUT2D eigenvalue weighted by molar-refractivity contribution is 7.92. The van der Waals surface area contributed by atoms with E-state index >= 15 is 0 Å². The van der Waals surface area contributed by atoms with Gasteiger partial charge >= 0.3 is 0 Å². The summed E-state index contributed by atoms with van der Waals surface area (Å²) in [5.41, 5.74) is 3.64. The first-order valence-electron chi connectivity index (χ1n) is 13.9. The maximum absolute atomic E-state index is 13.2. The summed E-state index contributed by atoms with van der Waals surface area (Å²) in [7, 11) is -2.41. The second-order valence-corrected chi connectivity index (χ2v) is 12.7. The Balaban J connectivity index is 1.31. The van der Waals surface area contributed by atoms with E-state index in [1.165, 1.54) is 19.3 Å². The van der Waals surface area contributed by atoms with E-state index in [2.05, 4.69) is 19.6 Å². The Labute approximate surface area is 233 Å². The van der Waals surface area contributed by atoms with Gasteiger partial charge in [-0.05, 0) is 69.0 Å². The number of nitrogens with one attached hydrogen (secondary N) is 1. The van der Waals surface area contributed by atoms with Gasteiger partial charge in [-0.25, -0.2) is 17.8 Å². The van der Waals surface area contributed by atoms with Crippen molar-refractivity contribution in [2.45, 2.75) is 50.4 Å². The molecule has 2 aliphatic heterocycles. The topological polar surface area (TPSA) is 105 Å². The number of likely N-dealkylation sites (N-methyl/N-ethyl adjacent to an activating group) is 1. The molecule has 40 heavy (non-hydrogen) atoms. The Hall–Kier alpha value is -3.31. The molecule has 0 radical (unpaired) electrons. The predicted molar refractivity (Wildman–Crippen MR) is 153 cm³/mol. The first-order chi connectivity index (χ1) is 19.3. The number of anilines is 2. The highest BCUT2D eigenvalue weighted by atomic mass is 32.2. The fourth-order valence-electron chi connectivity index (χ4n) is 6.28. The zero-order valence-corrected chi connectivity index (χ0v) is 23.5. The average Bonchev–Trinajstić information content (AvgIpc) is 3.19. The minimum absolute atomic E-state index is 0.0926. The minimum atomic E-state index is -4.21. The molecular formula is C29H34FN5O4S. The molecule has 0 atom stereocenters. The van der Waals surface area contributed by atoms with Crippen LogP contribution in [0.2, 0.25) is 0 Å². The van der Waals surface area contributed by atoms with Gasteiger partial charge in [0.05, 0.1) is 29.4 Å². The van der Waals surface area contributed by atoms with Crippen molar-refractivity contribution in [1.29, 1.82) is 0 Å². The molecule has 0 unspecified atom stereocenters. The van der Waals surface area contributed by atoms with Gasteiger partial charge in [0.2, 0.25) is 17.8 Å². The van der Waals surface area contributed by atoms with Crippen molar-refractivity contribution in [2.24, 2.45) is 0 Å². The number of aromatic nitrogens is 2. The van der Waals surface area contributed by atoms with E-state index < -0.39 is 21.4 Å². The number of pyridine rings is 2. The number of rotatable bonds is 9. The van der Waals surface area contributed by atoms with Crippen molar-refractivity contribution in [3.63, 3.8) is 0 Å². The fourth-order valence-corrected chi connectivity index (χ4v) is 6.82. The molecule has 3 aromatic rings. The van der Waals surface area contributed by atoms with Crippen molar-refractivity contribution >= 4 is 38.2 Å². The number of ether oxygens (including phenoxy) is 1. The molecule has 3 aliphatic rings. The summed E-state index contributed by atoms with van der Waals surface area (Å²) in [6.07, 6.45) is 10.5. The molecule has 1 saturated heterocycles. The molecule has 1 saturated carbocycles. The number of carbonyl (C=O) groups excluding carboxylic acids is 1. The van der Waals surface area contributed by atoms with E-state index in [9.17, 15) is 17.6 Å². The second-order valence-electron chi connectivity index (χ2n) is 11.1. The Bertz CT molecular complexity index is 1550. The molecule has 11 heteroatoms. The normalized spacial score (nSPS) is 18.6. The molecule has 2 aromatic heterocycles. The molecule has 212 valence electrons. The molecule has 1 N–H and O–H groups in total. The zero-order chi connectivity index (χ0) is 27.9. The number of hydrogen-bond acceptors (Lipinski definition) is 7. The third kappa shape index (κ3) is 4.79. The maximum atomic E-state index is 13.2. The number of fused-ring (bicyclic) bond motifs is 4. The third-order valence-corrected chi connectivity index (χ3v) is 9.33. The van der Waals surface area contributed by atoms with E-state index in [1.54, 1.807) is 30.4 Å². The zero-order valence-electron chi connectivity index (χ0n) is 22.7. The van der Waals surface area contributed by atoms with Crippen LogP contribution in [0.15, 0.2) is 36.7 Å². The number of halogens is 1. The van der Waals surface area contributed by atoms with Gasteiger partial charge in [-0.2, -0.15) is 0 Å². The van der Waals surface area contributed by atoms with E-state index in [4.69, 9.17) is 4.74 Å². The summed E-state index contributed by atoms with van der Waals surface area (Å²) in [6, 6.07) is 5.84. The van der Waals surface area contributed by atoms with E-state index in [0.29, 0.717) is 12.2 Å². The lowest BCUT2D eigenvalue weighted by atomic mass is 9.64. The van der Waals surface area contributed by atoms with Crippen molar-refractivity contribution in [3.05, 3.63) is 42.2 Å². The number of likely N-dealkylation sites (tertiary alicyclic amines) is 1. The smallest absolute Gasteiger partial charge is 0.262 e. The molecule has 9 nitrogen and oxygen atoms in total. The van der Waals surface area contributed by atoms with Crippen LogP contribution in [0.5, 0.6) is 5.88 Å². The molecule has 1 spiro atoms.